The van der Waals surface area contributed by atoms with Gasteiger partial charge in [0.15, 0.2) is 5.13 Å². The maximum Gasteiger partial charge on any atom is 0.260 e. The molecule has 0 saturated heterocycles. The number of thiazole rings is 1. The number of nitrogens with zero attached hydrogens (tertiary/aromatic N) is 3. The topological polar surface area (TPSA) is 45.7 Å². The monoisotopic (exact) mass is 397 g/mol. The van der Waals surface area contributed by atoms with Crippen LogP contribution in [0.3, 0.4) is 0 Å². The van der Waals surface area contributed by atoms with Gasteiger partial charge in [0.2, 0.25) is 0 Å². The number of amides is 1. The number of likely N-dealkylation sites (N-methyl/N-ethyl adjacent to an activating group) is 1. The van der Waals surface area contributed by atoms with Crippen molar-refractivity contribution in [2.45, 2.75) is 20.8 Å². The van der Waals surface area contributed by atoms with E-state index in [1.165, 1.54) is 0 Å². The zero-order valence-electron chi connectivity index (χ0n) is 16.9. The molecule has 2 aromatic carbocycles. The predicted molar refractivity (Wildman–Crippen MR) is 117 cm³/mol. The van der Waals surface area contributed by atoms with Crippen molar-refractivity contribution >= 4 is 32.6 Å². The van der Waals surface area contributed by atoms with Crippen LogP contribution in [0.25, 0.3) is 10.2 Å². The van der Waals surface area contributed by atoms with Gasteiger partial charge in [-0.15, -0.1) is 0 Å². The van der Waals surface area contributed by atoms with E-state index >= 15 is 0 Å². The van der Waals surface area contributed by atoms with E-state index in [9.17, 15) is 4.79 Å². The van der Waals surface area contributed by atoms with Gasteiger partial charge in [-0.1, -0.05) is 49.4 Å². The summed E-state index contributed by atoms with van der Waals surface area (Å²) >= 11 is 1.55. The van der Waals surface area contributed by atoms with Crippen LogP contribution in [0.1, 0.15) is 29.8 Å². The van der Waals surface area contributed by atoms with Gasteiger partial charge in [-0.2, -0.15) is 0 Å². The van der Waals surface area contributed by atoms with Gasteiger partial charge >= 0.3 is 0 Å². The number of anilines is 1. The average molecular weight is 398 g/mol. The molecule has 0 unspecified atom stereocenters. The van der Waals surface area contributed by atoms with Gasteiger partial charge in [-0.25, -0.2) is 4.98 Å². The molecule has 0 saturated carbocycles. The Morgan fingerprint density at radius 3 is 2.43 bits per heavy atom. The van der Waals surface area contributed by atoms with E-state index in [2.05, 4.69) is 25.7 Å². The van der Waals surface area contributed by atoms with Crippen molar-refractivity contribution in [2.24, 2.45) is 0 Å². The maximum atomic E-state index is 13.3. The van der Waals surface area contributed by atoms with Gasteiger partial charge in [0.05, 0.1) is 11.8 Å². The van der Waals surface area contributed by atoms with Gasteiger partial charge in [0, 0.05) is 18.7 Å². The maximum absolute atomic E-state index is 13.3. The molecule has 3 aromatic rings. The van der Waals surface area contributed by atoms with Crippen LogP contribution < -0.4 is 9.64 Å². The summed E-state index contributed by atoms with van der Waals surface area (Å²) in [7, 11) is 1.65. The van der Waals surface area contributed by atoms with Gasteiger partial charge < -0.3 is 9.64 Å². The van der Waals surface area contributed by atoms with Crippen LogP contribution in [-0.4, -0.2) is 49.1 Å². The molecule has 0 radical (unpaired) electrons. The Kier molecular flexibility index (Phi) is 6.65. The Bertz CT molecular complexity index is 936. The molecule has 0 aliphatic heterocycles. The van der Waals surface area contributed by atoms with E-state index in [0.717, 1.165) is 41.2 Å². The highest BCUT2D eigenvalue weighted by atomic mass is 32.1. The molecule has 1 heterocycles. The molecule has 0 spiro atoms. The van der Waals surface area contributed by atoms with Crippen molar-refractivity contribution in [3.05, 3.63) is 53.6 Å². The summed E-state index contributed by atoms with van der Waals surface area (Å²) in [5.41, 5.74) is 2.62. The second-order valence-corrected chi connectivity index (χ2v) is 7.59. The molecule has 6 heteroatoms. The van der Waals surface area contributed by atoms with Crippen LogP contribution >= 0.6 is 11.3 Å². The molecule has 0 atom stereocenters. The quantitative estimate of drug-likeness (QED) is 0.557. The summed E-state index contributed by atoms with van der Waals surface area (Å²) in [6.07, 6.45) is 0. The summed E-state index contributed by atoms with van der Waals surface area (Å²) in [4.78, 5) is 22.2. The fourth-order valence-corrected chi connectivity index (χ4v) is 4.26. The molecule has 1 amide bonds. The molecule has 1 aromatic heterocycles. The second-order valence-electron chi connectivity index (χ2n) is 6.61. The van der Waals surface area contributed by atoms with Gasteiger partial charge in [0.1, 0.15) is 11.3 Å². The molecule has 3 rings (SSSR count). The van der Waals surface area contributed by atoms with Crippen LogP contribution in [0.4, 0.5) is 5.13 Å². The number of hydrogen-bond donors (Lipinski definition) is 0. The first-order chi connectivity index (χ1) is 13.6. The SMILES string of the molecule is CCN(CC)CCN(C(=O)c1ccccc1)c1nc2c(OC)ccc(C)c2s1. The lowest BCUT2D eigenvalue weighted by molar-refractivity contribution is 0.0984. The van der Waals surface area contributed by atoms with Crippen LogP contribution in [0.15, 0.2) is 42.5 Å². The summed E-state index contributed by atoms with van der Waals surface area (Å²) < 4.78 is 6.54. The minimum absolute atomic E-state index is 0.0246. The van der Waals surface area contributed by atoms with E-state index < -0.39 is 0 Å². The molecule has 0 aliphatic rings. The fraction of sp³-hybridized carbons (Fsp3) is 0.364. The Labute approximate surface area is 170 Å². The van der Waals surface area contributed by atoms with E-state index in [-0.39, 0.29) is 5.91 Å². The highest BCUT2D eigenvalue weighted by Crippen LogP contribution is 2.36. The van der Waals surface area contributed by atoms with Crippen LogP contribution in [-0.2, 0) is 0 Å². The summed E-state index contributed by atoms with van der Waals surface area (Å²) in [5, 5.41) is 0.712. The third-order valence-corrected chi connectivity index (χ3v) is 6.16. The number of carbonyl (C=O) groups is 1. The highest BCUT2D eigenvalue weighted by Gasteiger charge is 2.23. The molecular weight excluding hydrogens is 370 g/mol. The van der Waals surface area contributed by atoms with Gasteiger partial charge in [-0.05, 0) is 43.8 Å². The van der Waals surface area contributed by atoms with Gasteiger partial charge in [-0.3, -0.25) is 9.69 Å². The standard InChI is InChI=1S/C22H27N3O2S/c1-5-24(6-2)14-15-25(21(26)17-10-8-7-9-11-17)22-23-19-18(27-4)13-12-16(3)20(19)28-22/h7-13H,5-6,14-15H2,1-4H3. The molecule has 5 nitrogen and oxygen atoms in total. The number of carbonyl (C=O) groups excluding carboxylic acids is 1. The molecule has 28 heavy (non-hydrogen) atoms. The molecule has 0 aliphatic carbocycles. The van der Waals surface area contributed by atoms with Crippen molar-refractivity contribution in [3.8, 4) is 5.75 Å². The zero-order valence-corrected chi connectivity index (χ0v) is 17.8. The predicted octanol–water partition coefficient (Wildman–Crippen LogP) is 4.60. The first kappa shape index (κ1) is 20.3. The number of hydrogen-bond acceptors (Lipinski definition) is 5. The largest absolute Gasteiger partial charge is 0.494 e. The van der Waals surface area contributed by atoms with E-state index in [1.807, 2.05) is 42.5 Å². The first-order valence-corrected chi connectivity index (χ1v) is 10.4. The first-order valence-electron chi connectivity index (χ1n) is 9.62. The minimum atomic E-state index is -0.0246. The number of aryl methyl sites for hydroxylation is 1. The lowest BCUT2D eigenvalue weighted by atomic mass is 10.2. The van der Waals surface area contributed by atoms with E-state index in [0.29, 0.717) is 17.2 Å². The third kappa shape index (κ3) is 4.18. The Balaban J connectivity index is 2.02. The fourth-order valence-electron chi connectivity index (χ4n) is 3.18. The molecule has 148 valence electrons. The molecule has 0 bridgehead atoms. The number of rotatable bonds is 8. The van der Waals surface area contributed by atoms with E-state index in [4.69, 9.17) is 9.72 Å². The summed E-state index contributed by atoms with van der Waals surface area (Å²) in [6.45, 7) is 9.64. The molecular formula is C22H27N3O2S. The van der Waals surface area contributed by atoms with Crippen molar-refractivity contribution in [1.29, 1.82) is 0 Å². The lowest BCUT2D eigenvalue weighted by Gasteiger charge is -2.24. The number of benzene rings is 2. The number of aromatic nitrogens is 1. The van der Waals surface area contributed by atoms with Gasteiger partial charge in [0.25, 0.3) is 5.91 Å². The Morgan fingerprint density at radius 1 is 1.07 bits per heavy atom. The number of ether oxygens (including phenoxy) is 1. The molecule has 0 fully saturated rings. The average Bonchev–Trinajstić information content (AvgIpc) is 3.18. The number of fused-ring (bicyclic) bond motifs is 1. The van der Waals surface area contributed by atoms with Crippen LogP contribution in [0.5, 0.6) is 5.75 Å². The summed E-state index contributed by atoms with van der Waals surface area (Å²) in [6, 6.07) is 13.4. The third-order valence-electron chi connectivity index (χ3n) is 4.94. The van der Waals surface area contributed by atoms with Crippen molar-refractivity contribution < 1.29 is 9.53 Å². The Morgan fingerprint density at radius 2 is 1.79 bits per heavy atom. The zero-order chi connectivity index (χ0) is 20.1. The second kappa shape index (κ2) is 9.17. The van der Waals surface area contributed by atoms with Crippen molar-refractivity contribution in [3.63, 3.8) is 0 Å². The Hall–Kier alpha value is -2.44. The van der Waals surface area contributed by atoms with Crippen LogP contribution in [0.2, 0.25) is 0 Å². The number of methoxy groups -OCH3 is 1. The van der Waals surface area contributed by atoms with Crippen LogP contribution in [0, 0.1) is 6.92 Å². The minimum Gasteiger partial charge on any atom is -0.494 e. The lowest BCUT2D eigenvalue weighted by Crippen LogP contribution is -2.38. The molecule has 0 N–H and O–H groups in total. The smallest absolute Gasteiger partial charge is 0.260 e. The van der Waals surface area contributed by atoms with Crippen molar-refractivity contribution in [2.75, 3.05) is 38.2 Å². The summed E-state index contributed by atoms with van der Waals surface area (Å²) in [5.74, 6) is 0.711. The van der Waals surface area contributed by atoms with E-state index in [1.54, 1.807) is 23.3 Å². The normalized spacial score (nSPS) is 11.2. The highest BCUT2D eigenvalue weighted by molar-refractivity contribution is 7.22. The van der Waals surface area contributed by atoms with Crippen molar-refractivity contribution in [1.82, 2.24) is 9.88 Å².